The molecule has 5 heteroatoms. The molecule has 0 radical (unpaired) electrons. The van der Waals surface area contributed by atoms with Crippen LogP contribution in [0.25, 0.3) is 10.9 Å². The minimum Gasteiger partial charge on any atom is -0.364 e. The normalized spacial score (nSPS) is 10.6. The minimum atomic E-state index is -0.694. The number of aromatic nitrogens is 2. The van der Waals surface area contributed by atoms with Crippen molar-refractivity contribution in [3.8, 4) is 0 Å². The summed E-state index contributed by atoms with van der Waals surface area (Å²) in [7, 11) is 0. The monoisotopic (exact) mass is 217 g/mol. The minimum absolute atomic E-state index is 0.0152. The van der Waals surface area contributed by atoms with Crippen LogP contribution in [0, 0.1) is 0 Å². The fourth-order valence-electron chi connectivity index (χ4n) is 1.63. The number of H-pyrrole nitrogens is 1. The number of amides is 1. The van der Waals surface area contributed by atoms with Crippen molar-refractivity contribution in [2.75, 3.05) is 0 Å². The number of nitrogens with zero attached hydrogens (tertiary/aromatic N) is 1. The predicted octanol–water partition coefficient (Wildman–Crippen LogP) is 0.584. The number of rotatable bonds is 2. The summed E-state index contributed by atoms with van der Waals surface area (Å²) >= 11 is 0. The van der Waals surface area contributed by atoms with Gasteiger partial charge in [-0.3, -0.25) is 14.6 Å². The quantitative estimate of drug-likeness (QED) is 0.771. The zero-order valence-corrected chi connectivity index (χ0v) is 8.78. The Morgan fingerprint density at radius 3 is 2.94 bits per heavy atom. The number of carbonyl (C=O) groups excluding carboxylic acids is 1. The third-order valence-electron chi connectivity index (χ3n) is 2.41. The number of primary amides is 1. The summed E-state index contributed by atoms with van der Waals surface area (Å²) in [5, 5.41) is 0.257. The molecular formula is C11H11N3O2. The van der Waals surface area contributed by atoms with E-state index in [1.165, 1.54) is 12.3 Å². The van der Waals surface area contributed by atoms with Crippen LogP contribution >= 0.6 is 0 Å². The molecule has 0 saturated carbocycles. The topological polar surface area (TPSA) is 88.8 Å². The van der Waals surface area contributed by atoms with Crippen LogP contribution in [0.3, 0.4) is 0 Å². The number of pyridine rings is 2. The molecular weight excluding hydrogens is 206 g/mol. The van der Waals surface area contributed by atoms with Gasteiger partial charge in [-0.25, -0.2) is 0 Å². The van der Waals surface area contributed by atoms with Crippen LogP contribution in [-0.4, -0.2) is 15.9 Å². The Morgan fingerprint density at radius 1 is 1.56 bits per heavy atom. The molecule has 0 aromatic carbocycles. The first-order chi connectivity index (χ1) is 7.63. The van der Waals surface area contributed by atoms with Crippen molar-refractivity contribution < 1.29 is 4.79 Å². The number of aryl methyl sites for hydroxylation is 1. The van der Waals surface area contributed by atoms with E-state index in [2.05, 4.69) is 9.97 Å². The Hall–Kier alpha value is -2.17. The SMILES string of the molecule is CCc1cc(=O)c2c(C(N)=O)nccc2[nH]1. The van der Waals surface area contributed by atoms with Crippen molar-refractivity contribution in [3.63, 3.8) is 0 Å². The average molecular weight is 217 g/mol. The van der Waals surface area contributed by atoms with Crippen LogP contribution in [0.4, 0.5) is 0 Å². The summed E-state index contributed by atoms with van der Waals surface area (Å²) in [5.74, 6) is -0.694. The Labute approximate surface area is 91.3 Å². The van der Waals surface area contributed by atoms with E-state index >= 15 is 0 Å². The van der Waals surface area contributed by atoms with Gasteiger partial charge in [0.1, 0.15) is 5.69 Å². The summed E-state index contributed by atoms with van der Waals surface area (Å²) < 4.78 is 0. The molecule has 5 nitrogen and oxygen atoms in total. The maximum Gasteiger partial charge on any atom is 0.268 e. The lowest BCUT2D eigenvalue weighted by Gasteiger charge is -2.03. The fourth-order valence-corrected chi connectivity index (χ4v) is 1.63. The number of aromatic amines is 1. The van der Waals surface area contributed by atoms with E-state index < -0.39 is 5.91 Å². The molecule has 0 atom stereocenters. The number of carbonyl (C=O) groups is 1. The molecule has 3 N–H and O–H groups in total. The molecule has 0 aliphatic heterocycles. The van der Waals surface area contributed by atoms with Gasteiger partial charge >= 0.3 is 0 Å². The van der Waals surface area contributed by atoms with Crippen LogP contribution in [0.2, 0.25) is 0 Å². The Morgan fingerprint density at radius 2 is 2.31 bits per heavy atom. The van der Waals surface area contributed by atoms with Gasteiger partial charge in [0.2, 0.25) is 0 Å². The third-order valence-corrected chi connectivity index (χ3v) is 2.41. The third kappa shape index (κ3) is 1.56. The molecule has 0 aliphatic rings. The number of nitrogens with two attached hydrogens (primary N) is 1. The molecule has 0 fully saturated rings. The van der Waals surface area contributed by atoms with E-state index in [9.17, 15) is 9.59 Å². The van der Waals surface area contributed by atoms with E-state index in [0.717, 1.165) is 12.1 Å². The molecule has 2 aromatic heterocycles. The van der Waals surface area contributed by atoms with Crippen molar-refractivity contribution in [2.45, 2.75) is 13.3 Å². The molecule has 0 aliphatic carbocycles. The van der Waals surface area contributed by atoms with Crippen molar-refractivity contribution in [1.82, 2.24) is 9.97 Å². The molecule has 0 spiro atoms. The highest BCUT2D eigenvalue weighted by Gasteiger charge is 2.11. The van der Waals surface area contributed by atoms with Crippen LogP contribution in [0.1, 0.15) is 23.1 Å². The van der Waals surface area contributed by atoms with Gasteiger partial charge in [-0.2, -0.15) is 0 Å². The van der Waals surface area contributed by atoms with E-state index in [4.69, 9.17) is 5.73 Å². The first-order valence-electron chi connectivity index (χ1n) is 4.94. The number of nitrogens with one attached hydrogen (secondary N) is 1. The highest BCUT2D eigenvalue weighted by atomic mass is 16.1. The van der Waals surface area contributed by atoms with Gasteiger partial charge in [0.05, 0.1) is 10.9 Å². The van der Waals surface area contributed by atoms with E-state index in [1.807, 2.05) is 6.92 Å². The Bertz CT molecular complexity index is 616. The molecule has 0 unspecified atom stereocenters. The molecule has 82 valence electrons. The number of fused-ring (bicyclic) bond motifs is 1. The van der Waals surface area contributed by atoms with Crippen molar-refractivity contribution >= 4 is 16.8 Å². The molecule has 0 saturated heterocycles. The molecule has 2 heterocycles. The Kier molecular flexibility index (Phi) is 2.44. The summed E-state index contributed by atoms with van der Waals surface area (Å²) in [5.41, 5.74) is 6.36. The summed E-state index contributed by atoms with van der Waals surface area (Å²) in [6.45, 7) is 1.94. The zero-order chi connectivity index (χ0) is 11.7. The molecule has 2 rings (SSSR count). The molecule has 2 aromatic rings. The largest absolute Gasteiger partial charge is 0.364 e. The molecule has 0 bridgehead atoms. The lowest BCUT2D eigenvalue weighted by molar-refractivity contribution is 0.0997. The molecule has 16 heavy (non-hydrogen) atoms. The van der Waals surface area contributed by atoms with Crippen LogP contribution in [-0.2, 0) is 6.42 Å². The van der Waals surface area contributed by atoms with Crippen molar-refractivity contribution in [3.05, 3.63) is 39.9 Å². The second-order valence-corrected chi connectivity index (χ2v) is 3.46. The smallest absolute Gasteiger partial charge is 0.268 e. The van der Waals surface area contributed by atoms with Gasteiger partial charge < -0.3 is 10.7 Å². The standard InChI is InChI=1S/C11H11N3O2/c1-2-6-5-8(15)9-7(14-6)3-4-13-10(9)11(12)16/h3-5H,2H2,1H3,(H2,12,16)(H,14,15). The number of hydrogen-bond acceptors (Lipinski definition) is 3. The van der Waals surface area contributed by atoms with Gasteiger partial charge in [0.15, 0.2) is 5.43 Å². The predicted molar refractivity (Wildman–Crippen MR) is 60.3 cm³/mol. The van der Waals surface area contributed by atoms with Gasteiger partial charge in [-0.1, -0.05) is 6.92 Å². The van der Waals surface area contributed by atoms with Crippen LogP contribution < -0.4 is 11.2 Å². The first kappa shape index (κ1) is 10.4. The molecule has 1 amide bonds. The van der Waals surface area contributed by atoms with Crippen molar-refractivity contribution in [2.24, 2.45) is 5.73 Å². The maximum absolute atomic E-state index is 11.8. The van der Waals surface area contributed by atoms with Gasteiger partial charge in [0, 0.05) is 18.0 Å². The summed E-state index contributed by atoms with van der Waals surface area (Å²) in [6.07, 6.45) is 2.18. The second kappa shape index (κ2) is 3.77. The lowest BCUT2D eigenvalue weighted by Crippen LogP contribution is -2.18. The average Bonchev–Trinajstić information content (AvgIpc) is 2.27. The van der Waals surface area contributed by atoms with Gasteiger partial charge in [0.25, 0.3) is 5.91 Å². The van der Waals surface area contributed by atoms with Crippen molar-refractivity contribution in [1.29, 1.82) is 0 Å². The van der Waals surface area contributed by atoms with Gasteiger partial charge in [-0.05, 0) is 12.5 Å². The van der Waals surface area contributed by atoms with Crippen LogP contribution in [0.5, 0.6) is 0 Å². The van der Waals surface area contributed by atoms with Gasteiger partial charge in [-0.15, -0.1) is 0 Å². The van der Waals surface area contributed by atoms with E-state index in [0.29, 0.717) is 5.52 Å². The summed E-state index contributed by atoms with van der Waals surface area (Å²) in [6, 6.07) is 3.12. The van der Waals surface area contributed by atoms with E-state index in [-0.39, 0.29) is 16.5 Å². The zero-order valence-electron chi connectivity index (χ0n) is 8.78. The van der Waals surface area contributed by atoms with Crippen LogP contribution in [0.15, 0.2) is 23.1 Å². The maximum atomic E-state index is 11.8. The first-order valence-corrected chi connectivity index (χ1v) is 4.94. The van der Waals surface area contributed by atoms with E-state index in [1.54, 1.807) is 6.07 Å². The lowest BCUT2D eigenvalue weighted by atomic mass is 10.1. The highest BCUT2D eigenvalue weighted by molar-refractivity contribution is 6.03. The highest BCUT2D eigenvalue weighted by Crippen LogP contribution is 2.11. The fraction of sp³-hybridized carbons (Fsp3) is 0.182. The number of hydrogen-bond donors (Lipinski definition) is 2. The summed E-state index contributed by atoms with van der Waals surface area (Å²) in [4.78, 5) is 29.8. The second-order valence-electron chi connectivity index (χ2n) is 3.46. The Balaban J connectivity index is 2.89.